The van der Waals surface area contributed by atoms with E-state index in [4.69, 9.17) is 4.74 Å². The number of benzene rings is 2. The van der Waals surface area contributed by atoms with Gasteiger partial charge in [-0.15, -0.1) is 0 Å². The molecule has 0 saturated carbocycles. The van der Waals surface area contributed by atoms with Gasteiger partial charge in [0.25, 0.3) is 0 Å². The number of nitro groups is 1. The lowest BCUT2D eigenvalue weighted by Gasteiger charge is -2.08. The van der Waals surface area contributed by atoms with Crippen molar-refractivity contribution in [3.05, 3.63) is 62.6 Å². The summed E-state index contributed by atoms with van der Waals surface area (Å²) < 4.78 is 6.34. The number of halogens is 2. The highest BCUT2D eigenvalue weighted by Crippen LogP contribution is 2.35. The van der Waals surface area contributed by atoms with Gasteiger partial charge in [-0.2, -0.15) is 0 Å². The van der Waals surface area contributed by atoms with Crippen molar-refractivity contribution in [3.63, 3.8) is 0 Å². The van der Waals surface area contributed by atoms with Crippen LogP contribution < -0.4 is 4.74 Å². The van der Waals surface area contributed by atoms with Crippen LogP contribution in [0.2, 0.25) is 0 Å². The molecule has 98 valence electrons. The first kappa shape index (κ1) is 14.0. The van der Waals surface area contributed by atoms with Gasteiger partial charge >= 0.3 is 5.69 Å². The highest BCUT2D eigenvalue weighted by Gasteiger charge is 2.17. The van der Waals surface area contributed by atoms with E-state index in [1.54, 1.807) is 24.3 Å². The third-order valence-corrected chi connectivity index (χ3v) is 3.73. The molecule has 0 aliphatic carbocycles. The van der Waals surface area contributed by atoms with E-state index < -0.39 is 4.92 Å². The molecule has 0 N–H and O–H groups in total. The van der Waals surface area contributed by atoms with Crippen LogP contribution in [0, 0.1) is 10.1 Å². The molecule has 19 heavy (non-hydrogen) atoms. The molecule has 2 aromatic carbocycles. The molecule has 0 bridgehead atoms. The highest BCUT2D eigenvalue weighted by molar-refractivity contribution is 9.10. The summed E-state index contributed by atoms with van der Waals surface area (Å²) in [6.45, 7) is 0. The number of hydrogen-bond donors (Lipinski definition) is 0. The summed E-state index contributed by atoms with van der Waals surface area (Å²) in [6, 6.07) is 12.1. The average molecular weight is 387 g/mol. The normalized spacial score (nSPS) is 10.2. The Labute approximate surface area is 126 Å². The van der Waals surface area contributed by atoms with Crippen molar-refractivity contribution in [3.8, 4) is 11.5 Å². The molecule has 2 aromatic rings. The van der Waals surface area contributed by atoms with E-state index in [0.29, 0.717) is 11.1 Å². The topological polar surface area (TPSA) is 52.4 Å². The highest BCUT2D eigenvalue weighted by atomic mass is 79.9. The van der Waals surface area contributed by atoms with Gasteiger partial charge in [0, 0.05) is 11.4 Å². The van der Waals surface area contributed by atoms with Crippen molar-refractivity contribution in [1.29, 1.82) is 0 Å². The zero-order valence-electron chi connectivity index (χ0n) is 9.68. The monoisotopic (exact) mass is 385 g/mol. The van der Waals surface area contributed by atoms with E-state index in [1.807, 2.05) is 12.1 Å². The minimum absolute atomic E-state index is 0.0484. The van der Waals surface area contributed by atoms with Gasteiger partial charge in [0.05, 0.1) is 9.40 Å². The van der Waals surface area contributed by atoms with Crippen LogP contribution in [0.3, 0.4) is 0 Å². The Hall–Kier alpha value is -1.40. The van der Waals surface area contributed by atoms with Crippen molar-refractivity contribution < 1.29 is 9.66 Å². The third kappa shape index (κ3) is 3.33. The summed E-state index contributed by atoms with van der Waals surface area (Å²) in [5.74, 6) is 0.763. The van der Waals surface area contributed by atoms with Crippen LogP contribution >= 0.6 is 31.9 Å². The molecule has 0 amide bonds. The first-order valence-electron chi connectivity index (χ1n) is 5.37. The molecular weight excluding hydrogens is 378 g/mol. The Morgan fingerprint density at radius 3 is 2.53 bits per heavy atom. The van der Waals surface area contributed by atoms with E-state index in [9.17, 15) is 10.1 Å². The zero-order chi connectivity index (χ0) is 13.8. The number of alkyl halides is 1. The minimum Gasteiger partial charge on any atom is -0.449 e. The largest absolute Gasteiger partial charge is 0.449 e. The van der Waals surface area contributed by atoms with Crippen molar-refractivity contribution in [2.75, 3.05) is 0 Å². The molecular formula is C13H9Br2NO3. The van der Waals surface area contributed by atoms with Crippen molar-refractivity contribution in [1.82, 2.24) is 0 Å². The maximum Gasteiger partial charge on any atom is 0.311 e. The van der Waals surface area contributed by atoms with Crippen LogP contribution in [-0.4, -0.2) is 4.92 Å². The number of para-hydroxylation sites is 1. The van der Waals surface area contributed by atoms with Gasteiger partial charge in [-0.3, -0.25) is 10.1 Å². The third-order valence-electron chi connectivity index (χ3n) is 2.43. The Balaban J connectivity index is 2.40. The van der Waals surface area contributed by atoms with Gasteiger partial charge in [-0.25, -0.2) is 0 Å². The standard InChI is InChI=1S/C13H9Br2NO3/c14-8-9-5-6-13(11(7-9)16(17)18)19-12-4-2-1-3-10(12)15/h1-7H,8H2. The SMILES string of the molecule is O=[N+]([O-])c1cc(CBr)ccc1Oc1ccccc1Br. The maximum atomic E-state index is 11.1. The number of nitro benzene ring substituents is 1. The predicted molar refractivity (Wildman–Crippen MR) is 79.9 cm³/mol. The smallest absolute Gasteiger partial charge is 0.311 e. The Kier molecular flexibility index (Phi) is 4.55. The molecule has 2 rings (SSSR count). The first-order chi connectivity index (χ1) is 9.11. The summed E-state index contributed by atoms with van der Waals surface area (Å²) in [5, 5.41) is 11.6. The predicted octanol–water partition coefficient (Wildman–Crippen LogP) is 5.04. The van der Waals surface area contributed by atoms with Crippen molar-refractivity contribution in [2.24, 2.45) is 0 Å². The van der Waals surface area contributed by atoms with E-state index in [1.165, 1.54) is 6.07 Å². The first-order valence-corrected chi connectivity index (χ1v) is 7.29. The molecule has 0 fully saturated rings. The molecule has 4 nitrogen and oxygen atoms in total. The fourth-order valence-corrected chi connectivity index (χ4v) is 2.24. The molecule has 0 aliphatic rings. The van der Waals surface area contributed by atoms with E-state index >= 15 is 0 Å². The molecule has 0 heterocycles. The van der Waals surface area contributed by atoms with Crippen LogP contribution in [0.1, 0.15) is 5.56 Å². The second-order valence-corrected chi connectivity index (χ2v) is 5.14. The van der Waals surface area contributed by atoms with Crippen LogP contribution in [0.5, 0.6) is 11.5 Å². The molecule has 0 saturated heterocycles. The minimum atomic E-state index is -0.446. The van der Waals surface area contributed by atoms with Gasteiger partial charge in [0.1, 0.15) is 5.75 Å². The van der Waals surface area contributed by atoms with Crippen molar-refractivity contribution in [2.45, 2.75) is 5.33 Å². The lowest BCUT2D eigenvalue weighted by Crippen LogP contribution is -1.95. The Bertz CT molecular complexity index is 617. The second kappa shape index (κ2) is 6.16. The zero-order valence-corrected chi connectivity index (χ0v) is 12.8. The van der Waals surface area contributed by atoms with Crippen LogP contribution in [0.15, 0.2) is 46.9 Å². The van der Waals surface area contributed by atoms with Crippen LogP contribution in [0.4, 0.5) is 5.69 Å². The second-order valence-electron chi connectivity index (χ2n) is 3.73. The van der Waals surface area contributed by atoms with Gasteiger partial charge in [0.15, 0.2) is 0 Å². The molecule has 0 aromatic heterocycles. The van der Waals surface area contributed by atoms with E-state index in [-0.39, 0.29) is 11.4 Å². The number of hydrogen-bond acceptors (Lipinski definition) is 3. The van der Waals surface area contributed by atoms with E-state index in [0.717, 1.165) is 10.0 Å². The van der Waals surface area contributed by atoms with Gasteiger partial charge in [0.2, 0.25) is 5.75 Å². The van der Waals surface area contributed by atoms with Gasteiger partial charge in [-0.05, 0) is 39.7 Å². The Morgan fingerprint density at radius 1 is 1.16 bits per heavy atom. The summed E-state index contributed by atoms with van der Waals surface area (Å²) in [4.78, 5) is 10.6. The number of ether oxygens (including phenoxy) is 1. The van der Waals surface area contributed by atoms with Crippen molar-refractivity contribution >= 4 is 37.5 Å². The lowest BCUT2D eigenvalue weighted by molar-refractivity contribution is -0.385. The van der Waals surface area contributed by atoms with Crippen LogP contribution in [-0.2, 0) is 5.33 Å². The molecule has 0 spiro atoms. The quantitative estimate of drug-likeness (QED) is 0.420. The van der Waals surface area contributed by atoms with Crippen LogP contribution in [0.25, 0.3) is 0 Å². The average Bonchev–Trinajstić information content (AvgIpc) is 2.41. The lowest BCUT2D eigenvalue weighted by atomic mass is 10.2. The summed E-state index contributed by atoms with van der Waals surface area (Å²) in [6.07, 6.45) is 0. The Morgan fingerprint density at radius 2 is 1.89 bits per heavy atom. The maximum absolute atomic E-state index is 11.1. The molecule has 0 atom stereocenters. The molecule has 0 radical (unpaired) electrons. The summed E-state index contributed by atoms with van der Waals surface area (Å²) in [7, 11) is 0. The molecule has 6 heteroatoms. The number of rotatable bonds is 4. The van der Waals surface area contributed by atoms with E-state index in [2.05, 4.69) is 31.9 Å². The molecule has 0 aliphatic heterocycles. The van der Waals surface area contributed by atoms with Gasteiger partial charge < -0.3 is 4.74 Å². The number of nitrogens with zero attached hydrogens (tertiary/aromatic N) is 1. The summed E-state index contributed by atoms with van der Waals surface area (Å²) >= 11 is 6.61. The van der Waals surface area contributed by atoms with Gasteiger partial charge in [-0.1, -0.05) is 34.1 Å². The molecule has 0 unspecified atom stereocenters. The fraction of sp³-hybridized carbons (Fsp3) is 0.0769. The fourth-order valence-electron chi connectivity index (χ4n) is 1.52. The summed E-state index contributed by atoms with van der Waals surface area (Å²) in [5.41, 5.74) is 0.777.